The van der Waals surface area contributed by atoms with E-state index in [1.54, 1.807) is 18.3 Å². The number of para-hydroxylation sites is 1. The zero-order valence-electron chi connectivity index (χ0n) is 20.6. The first kappa shape index (κ1) is 25.3. The second-order valence-electron chi connectivity index (χ2n) is 8.86. The Balaban J connectivity index is 1.35. The Morgan fingerprint density at radius 1 is 0.842 bits per heavy atom. The number of carbonyl (C=O) groups is 2. The number of nitrogens with zero attached hydrogens (tertiary/aromatic N) is 3. The molecule has 0 bridgehead atoms. The van der Waals surface area contributed by atoms with Crippen molar-refractivity contribution in [3.05, 3.63) is 108 Å². The molecule has 38 heavy (non-hydrogen) atoms. The second kappa shape index (κ2) is 11.4. The van der Waals surface area contributed by atoms with E-state index < -0.39 is 5.91 Å². The summed E-state index contributed by atoms with van der Waals surface area (Å²) in [6, 6.07) is 27.6. The van der Waals surface area contributed by atoms with Gasteiger partial charge >= 0.3 is 227 Å². The molecule has 0 spiro atoms. The van der Waals surface area contributed by atoms with Crippen molar-refractivity contribution in [2.75, 3.05) is 5.73 Å². The quantitative estimate of drug-likeness (QED) is 0.116. The van der Waals surface area contributed by atoms with Crippen molar-refractivity contribution < 1.29 is 9.59 Å². The fourth-order valence-electron chi connectivity index (χ4n) is 4.24. The molecule has 0 fully saturated rings. The van der Waals surface area contributed by atoms with Gasteiger partial charge in [0.05, 0.1) is 0 Å². The molecule has 188 valence electrons. The summed E-state index contributed by atoms with van der Waals surface area (Å²) in [5.74, 6) is -0.637. The molecule has 1 unspecified atom stereocenters. The summed E-state index contributed by atoms with van der Waals surface area (Å²) in [5, 5.41) is 2.64. The number of benzene rings is 3. The Morgan fingerprint density at radius 2 is 1.58 bits per heavy atom. The fourth-order valence-corrected chi connectivity index (χ4v) is 6.56. The van der Waals surface area contributed by atoms with Gasteiger partial charge in [0.25, 0.3) is 0 Å². The van der Waals surface area contributed by atoms with Crippen LogP contribution in [0.5, 0.6) is 0 Å². The third kappa shape index (κ3) is 5.63. The maximum absolute atomic E-state index is 12.5. The van der Waals surface area contributed by atoms with Crippen LogP contribution in [0.4, 0.5) is 5.69 Å². The van der Waals surface area contributed by atoms with Gasteiger partial charge in [-0.25, -0.2) is 0 Å². The Morgan fingerprint density at radius 3 is 2.32 bits per heavy atom. The average molecular weight is 563 g/mol. The summed E-state index contributed by atoms with van der Waals surface area (Å²) in [4.78, 5) is 37.3. The molecule has 4 N–H and O–H groups in total. The van der Waals surface area contributed by atoms with Crippen LogP contribution in [0.15, 0.2) is 91.1 Å². The summed E-state index contributed by atoms with van der Waals surface area (Å²) in [6.45, 7) is 0. The van der Waals surface area contributed by atoms with E-state index in [-0.39, 0.29) is 27.4 Å². The normalized spacial score (nSPS) is 11.3. The molecule has 8 heteroatoms. The van der Waals surface area contributed by atoms with Crippen LogP contribution in [0.25, 0.3) is 33.4 Å². The minimum atomic E-state index is -0.690. The molecule has 3 aromatic carbocycles. The number of carbonyl (C=O) groups excluding carboxylic acids is 2. The second-order valence-corrected chi connectivity index (χ2v) is 11.7. The van der Waals surface area contributed by atoms with Crippen LogP contribution in [0.3, 0.4) is 0 Å². The van der Waals surface area contributed by atoms with Gasteiger partial charge in [0.15, 0.2) is 0 Å². The first-order valence-electron chi connectivity index (χ1n) is 12.2. The predicted octanol–water partition coefficient (Wildman–Crippen LogP) is 4.67. The van der Waals surface area contributed by atoms with Gasteiger partial charge in [-0.3, -0.25) is 0 Å². The molecular weight excluding hydrogens is 537 g/mol. The Bertz CT molecular complexity index is 1620. The van der Waals surface area contributed by atoms with Gasteiger partial charge in [0.2, 0.25) is 0 Å². The SMILES string of the molecule is NC(=O)c1ncc2cc(-c3ccccc3)c(-c3ccc(C[AsH]CCC(=O)c4ccccc4N)cc3)nc2n1. The molecule has 0 saturated carbocycles. The van der Waals surface area contributed by atoms with Gasteiger partial charge in [-0.05, 0) is 0 Å². The van der Waals surface area contributed by atoms with Crippen molar-refractivity contribution in [3.63, 3.8) is 0 Å². The van der Waals surface area contributed by atoms with Crippen LogP contribution in [0.2, 0.25) is 5.21 Å². The van der Waals surface area contributed by atoms with E-state index in [9.17, 15) is 9.59 Å². The third-order valence-electron chi connectivity index (χ3n) is 6.22. The topological polar surface area (TPSA) is 125 Å². The number of anilines is 1. The van der Waals surface area contributed by atoms with Crippen molar-refractivity contribution in [3.8, 4) is 22.4 Å². The van der Waals surface area contributed by atoms with Gasteiger partial charge in [0, 0.05) is 0 Å². The monoisotopic (exact) mass is 563 g/mol. The number of amides is 1. The minimum absolute atomic E-state index is 0.0587. The van der Waals surface area contributed by atoms with Crippen molar-refractivity contribution in [1.82, 2.24) is 15.0 Å². The third-order valence-corrected chi connectivity index (χ3v) is 8.87. The van der Waals surface area contributed by atoms with Gasteiger partial charge < -0.3 is 0 Å². The van der Waals surface area contributed by atoms with Gasteiger partial charge in [-0.2, -0.15) is 0 Å². The average Bonchev–Trinajstić information content (AvgIpc) is 2.95. The molecular formula is C30H26AsN5O2. The molecule has 7 nitrogen and oxygen atoms in total. The zero-order valence-corrected chi connectivity index (χ0v) is 22.7. The summed E-state index contributed by atoms with van der Waals surface area (Å²) < 4.78 is 0. The molecule has 0 aliphatic rings. The Kier molecular flexibility index (Phi) is 7.57. The number of nitrogens with two attached hydrogens (primary N) is 2. The molecule has 2 aromatic heterocycles. The van der Waals surface area contributed by atoms with Crippen LogP contribution < -0.4 is 11.5 Å². The fraction of sp³-hybridized carbons (Fsp3) is 0.100. The van der Waals surface area contributed by atoms with Gasteiger partial charge in [-0.15, -0.1) is 0 Å². The molecule has 2 heterocycles. The van der Waals surface area contributed by atoms with E-state index in [4.69, 9.17) is 16.5 Å². The number of pyridine rings is 1. The van der Waals surface area contributed by atoms with Crippen LogP contribution in [-0.2, 0) is 5.21 Å². The maximum atomic E-state index is 12.5. The first-order chi connectivity index (χ1) is 18.5. The number of aromatic nitrogens is 3. The number of nitrogen functional groups attached to an aromatic ring is 1. The van der Waals surface area contributed by atoms with Crippen molar-refractivity contribution in [1.29, 1.82) is 0 Å². The summed E-state index contributed by atoms with van der Waals surface area (Å²) in [5.41, 5.74) is 17.8. The van der Waals surface area contributed by atoms with Gasteiger partial charge in [-0.1, -0.05) is 0 Å². The van der Waals surface area contributed by atoms with Crippen LogP contribution in [-0.4, -0.2) is 42.4 Å². The van der Waals surface area contributed by atoms with E-state index in [1.165, 1.54) is 5.56 Å². The molecule has 0 radical (unpaired) electrons. The predicted molar refractivity (Wildman–Crippen MR) is 152 cm³/mol. The van der Waals surface area contributed by atoms with Crippen LogP contribution in [0, 0.1) is 0 Å². The molecule has 0 aliphatic heterocycles. The van der Waals surface area contributed by atoms with E-state index in [0.29, 0.717) is 23.3 Å². The van der Waals surface area contributed by atoms with Crippen LogP contribution >= 0.6 is 0 Å². The number of rotatable bonds is 9. The number of hydrogen-bond acceptors (Lipinski definition) is 6. The molecule has 0 aliphatic carbocycles. The number of fused-ring (bicyclic) bond motifs is 1. The number of Topliss-reactive ketones (excluding diaryl/α,β-unsaturated/α-hetero) is 1. The number of hydrogen-bond donors (Lipinski definition) is 2. The summed E-state index contributed by atoms with van der Waals surface area (Å²) in [7, 11) is 0. The molecule has 5 rings (SSSR count). The summed E-state index contributed by atoms with van der Waals surface area (Å²) >= 11 is -0.315. The van der Waals surface area contributed by atoms with Crippen molar-refractivity contribution in [2.45, 2.75) is 16.8 Å². The van der Waals surface area contributed by atoms with E-state index >= 15 is 0 Å². The number of ketones is 1. The molecule has 5 aromatic rings. The van der Waals surface area contributed by atoms with Crippen LogP contribution in [0.1, 0.15) is 33.0 Å². The molecule has 0 saturated heterocycles. The zero-order chi connectivity index (χ0) is 26.5. The van der Waals surface area contributed by atoms with Crippen molar-refractivity contribution >= 4 is 44.2 Å². The van der Waals surface area contributed by atoms with E-state index in [2.05, 4.69) is 34.2 Å². The first-order valence-corrected chi connectivity index (χ1v) is 15.2. The van der Waals surface area contributed by atoms with E-state index in [1.807, 2.05) is 48.5 Å². The molecule has 1 atom stereocenters. The Hall–Kier alpha value is -4.35. The standard InChI is InChI=1S/C30H26AsN5O2/c32-25-9-5-4-8-23(25)26(37)14-15-31-17-19-10-12-21(13-11-19)27-24(20-6-2-1-3-7-20)16-22-18-34-30(28(33)38)36-29(22)35-27/h1-13,16,18,31H,14-15,17,32H2,(H2,33,38). The Labute approximate surface area is 227 Å². The number of primary amides is 1. The summed E-state index contributed by atoms with van der Waals surface area (Å²) in [6.07, 6.45) is 2.11. The molecule has 1 amide bonds. The van der Waals surface area contributed by atoms with E-state index in [0.717, 1.165) is 38.2 Å². The van der Waals surface area contributed by atoms with Gasteiger partial charge in [0.1, 0.15) is 0 Å². The van der Waals surface area contributed by atoms with Crippen molar-refractivity contribution in [2.24, 2.45) is 5.73 Å².